The van der Waals surface area contributed by atoms with Crippen LogP contribution < -0.4 is 11.1 Å². The molecular weight excluding hydrogens is 685 g/mol. The van der Waals surface area contributed by atoms with Crippen molar-refractivity contribution in [3.8, 4) is 0 Å². The lowest BCUT2D eigenvalue weighted by molar-refractivity contribution is -0.147. The van der Waals surface area contributed by atoms with Gasteiger partial charge in [0, 0.05) is 12.8 Å². The minimum absolute atomic E-state index is 0.0830. The van der Waals surface area contributed by atoms with E-state index in [1.807, 2.05) is 0 Å². The van der Waals surface area contributed by atoms with Crippen molar-refractivity contribution >= 4 is 17.8 Å². The van der Waals surface area contributed by atoms with Gasteiger partial charge in [0.05, 0.1) is 0 Å². The predicted octanol–water partition coefficient (Wildman–Crippen LogP) is 13.8. The molecule has 55 heavy (non-hydrogen) atoms. The molecule has 2 unspecified atom stereocenters. The third kappa shape index (κ3) is 40.1. The molecule has 2 atom stereocenters. The van der Waals surface area contributed by atoms with Crippen molar-refractivity contribution in [1.29, 1.82) is 0 Å². The van der Waals surface area contributed by atoms with Crippen LogP contribution in [0, 0.1) is 0 Å². The van der Waals surface area contributed by atoms with E-state index in [1.54, 1.807) is 0 Å². The smallest absolute Gasteiger partial charge is 0.326 e. The highest BCUT2D eigenvalue weighted by Crippen LogP contribution is 2.17. The van der Waals surface area contributed by atoms with E-state index in [1.165, 1.54) is 167 Å². The number of unbranched alkanes of at least 4 members (excludes halogenated alkanes) is 30. The fraction of sp³-hybridized carbons (Fsp3) is 0.896. The Balaban J connectivity index is 3.99. The van der Waals surface area contributed by atoms with Crippen LogP contribution in [0.4, 0.5) is 0 Å². The van der Waals surface area contributed by atoms with E-state index in [2.05, 4.69) is 31.3 Å². The summed E-state index contributed by atoms with van der Waals surface area (Å²) in [4.78, 5) is 36.3. The number of carboxylic acid groups (broad SMARTS) is 1. The molecule has 0 rings (SSSR count). The molecule has 1 amide bonds. The lowest BCUT2D eigenvalue weighted by atomic mass is 10.0. The van der Waals surface area contributed by atoms with E-state index in [0.29, 0.717) is 38.6 Å². The number of allylic oxidation sites excluding steroid dienone is 1. The molecule has 0 aliphatic rings. The fourth-order valence-corrected chi connectivity index (χ4v) is 7.42. The number of nitrogens with one attached hydrogen (secondary N) is 1. The van der Waals surface area contributed by atoms with Crippen LogP contribution >= 0.6 is 0 Å². The first kappa shape index (κ1) is 53.1. The molecule has 0 radical (unpaired) electrons. The molecule has 0 aliphatic carbocycles. The largest absolute Gasteiger partial charge is 0.480 e. The summed E-state index contributed by atoms with van der Waals surface area (Å²) < 4.78 is 5.93. The van der Waals surface area contributed by atoms with Crippen LogP contribution in [0.15, 0.2) is 12.2 Å². The minimum Gasteiger partial charge on any atom is -0.480 e. The molecule has 0 aliphatic heterocycles. The maximum Gasteiger partial charge on any atom is 0.326 e. The van der Waals surface area contributed by atoms with Gasteiger partial charge in [0.2, 0.25) is 5.91 Å². The molecule has 0 aromatic carbocycles. The van der Waals surface area contributed by atoms with E-state index in [-0.39, 0.29) is 18.0 Å². The van der Waals surface area contributed by atoms with Gasteiger partial charge in [-0.2, -0.15) is 0 Å². The number of hydrogen-bond acceptors (Lipinski definition) is 5. The third-order valence-electron chi connectivity index (χ3n) is 11.1. The van der Waals surface area contributed by atoms with Crippen LogP contribution in [0.3, 0.4) is 0 Å². The zero-order valence-corrected chi connectivity index (χ0v) is 36.5. The monoisotopic (exact) mass is 777 g/mol. The zero-order valence-electron chi connectivity index (χ0n) is 36.5. The van der Waals surface area contributed by atoms with Gasteiger partial charge < -0.3 is 20.9 Å². The van der Waals surface area contributed by atoms with E-state index in [4.69, 9.17) is 10.5 Å². The molecule has 7 nitrogen and oxygen atoms in total. The molecule has 0 heterocycles. The molecule has 0 saturated carbocycles. The lowest BCUT2D eigenvalue weighted by Gasteiger charge is -2.15. The van der Waals surface area contributed by atoms with Crippen LogP contribution in [-0.4, -0.2) is 41.6 Å². The minimum atomic E-state index is -1.01. The molecule has 0 saturated heterocycles. The second-order valence-corrected chi connectivity index (χ2v) is 16.5. The van der Waals surface area contributed by atoms with E-state index in [9.17, 15) is 19.5 Å². The summed E-state index contributed by atoms with van der Waals surface area (Å²) in [6.45, 7) is 4.93. The van der Waals surface area contributed by atoms with Gasteiger partial charge in [0.15, 0.2) is 0 Å². The van der Waals surface area contributed by atoms with E-state index >= 15 is 0 Å². The average Bonchev–Trinajstić information content (AvgIpc) is 3.17. The maximum absolute atomic E-state index is 12.7. The molecule has 0 bridgehead atoms. The fourth-order valence-electron chi connectivity index (χ4n) is 7.42. The summed E-state index contributed by atoms with van der Waals surface area (Å²) in [6, 6.07) is -0.867. The number of nitrogens with two attached hydrogens (primary N) is 1. The molecule has 0 aromatic heterocycles. The number of carbonyl (C=O) groups is 3. The molecular formula is C48H92N2O5. The van der Waals surface area contributed by atoms with Gasteiger partial charge >= 0.3 is 11.9 Å². The standard InChI is InChI=1S/C48H92N2O5/c1-3-5-7-9-11-12-13-14-15-16-17-18-19-20-21-22-23-24-25-26-28-30-36-42-47(52)55-44(38-33-29-27-10-8-6-4-2)39-34-31-32-35-41-46(51)50-45(48(53)54)40-37-43-49/h33,38,44-45H,3-32,34-37,39-43,49H2,1-2H3,(H,50,51)(H,53,54)/b38-33-. The number of ether oxygens (including phenoxy) is 1. The predicted molar refractivity (Wildman–Crippen MR) is 234 cm³/mol. The van der Waals surface area contributed by atoms with Crippen molar-refractivity contribution in [2.45, 2.75) is 270 Å². The Hall–Kier alpha value is -1.89. The second-order valence-electron chi connectivity index (χ2n) is 16.5. The van der Waals surface area contributed by atoms with E-state index < -0.39 is 12.0 Å². The van der Waals surface area contributed by atoms with Crippen molar-refractivity contribution < 1.29 is 24.2 Å². The zero-order chi connectivity index (χ0) is 40.3. The summed E-state index contributed by atoms with van der Waals surface area (Å²) in [5.41, 5.74) is 5.48. The van der Waals surface area contributed by atoms with Gasteiger partial charge in [-0.05, 0) is 64.0 Å². The number of esters is 1. The highest BCUT2D eigenvalue weighted by molar-refractivity contribution is 5.83. The summed E-state index contributed by atoms with van der Waals surface area (Å²) >= 11 is 0. The summed E-state index contributed by atoms with van der Waals surface area (Å²) in [5.74, 6) is -1.31. The molecule has 4 N–H and O–H groups in total. The van der Waals surface area contributed by atoms with Gasteiger partial charge in [-0.15, -0.1) is 0 Å². The Bertz CT molecular complexity index is 878. The first-order valence-corrected chi connectivity index (χ1v) is 24.0. The summed E-state index contributed by atoms with van der Waals surface area (Å²) in [7, 11) is 0. The highest BCUT2D eigenvalue weighted by Gasteiger charge is 2.19. The number of hydrogen-bond donors (Lipinski definition) is 3. The average molecular weight is 777 g/mol. The lowest BCUT2D eigenvalue weighted by Crippen LogP contribution is -2.40. The van der Waals surface area contributed by atoms with Crippen molar-refractivity contribution in [2.75, 3.05) is 6.54 Å². The van der Waals surface area contributed by atoms with Gasteiger partial charge in [-0.1, -0.05) is 200 Å². The first-order chi connectivity index (χ1) is 26.9. The Morgan fingerprint density at radius 1 is 0.527 bits per heavy atom. The van der Waals surface area contributed by atoms with Gasteiger partial charge in [-0.25, -0.2) is 4.79 Å². The molecule has 7 heteroatoms. The van der Waals surface area contributed by atoms with Gasteiger partial charge in [-0.3, -0.25) is 9.59 Å². The number of carboxylic acids is 1. The Morgan fingerprint density at radius 2 is 0.927 bits per heavy atom. The SMILES string of the molecule is CCCCCCC/C=C\C(CCCCCCC(=O)NC(CCCN)C(=O)O)OC(=O)CCCCCCCCCCCCCCCCCCCCCCCCC. The van der Waals surface area contributed by atoms with Crippen LogP contribution in [0.25, 0.3) is 0 Å². The van der Waals surface area contributed by atoms with Crippen molar-refractivity contribution in [2.24, 2.45) is 5.73 Å². The number of amides is 1. The number of rotatable bonds is 44. The number of aliphatic carboxylic acids is 1. The molecule has 324 valence electrons. The molecule has 0 aromatic rings. The summed E-state index contributed by atoms with van der Waals surface area (Å²) in [6.07, 6.45) is 48.7. The van der Waals surface area contributed by atoms with Crippen molar-refractivity contribution in [3.63, 3.8) is 0 Å². The molecule has 0 fully saturated rings. The van der Waals surface area contributed by atoms with Crippen molar-refractivity contribution in [3.05, 3.63) is 12.2 Å². The summed E-state index contributed by atoms with van der Waals surface area (Å²) in [5, 5.41) is 11.9. The van der Waals surface area contributed by atoms with Crippen molar-refractivity contribution in [1.82, 2.24) is 5.32 Å². The first-order valence-electron chi connectivity index (χ1n) is 24.0. The third-order valence-corrected chi connectivity index (χ3v) is 11.1. The topological polar surface area (TPSA) is 119 Å². The maximum atomic E-state index is 12.7. The van der Waals surface area contributed by atoms with Gasteiger partial charge in [0.1, 0.15) is 12.1 Å². The normalized spacial score (nSPS) is 12.6. The Labute approximate surface area is 340 Å². The highest BCUT2D eigenvalue weighted by atomic mass is 16.5. The van der Waals surface area contributed by atoms with E-state index in [0.717, 1.165) is 44.9 Å². The Morgan fingerprint density at radius 3 is 1.36 bits per heavy atom. The Kier molecular flexibility index (Phi) is 41.8. The second kappa shape index (κ2) is 43.2. The number of carbonyl (C=O) groups excluding carboxylic acids is 2. The van der Waals surface area contributed by atoms with Gasteiger partial charge in [0.25, 0.3) is 0 Å². The quantitative estimate of drug-likeness (QED) is 0.0322. The van der Waals surface area contributed by atoms with Crippen LogP contribution in [0.2, 0.25) is 0 Å². The molecule has 0 spiro atoms. The van der Waals surface area contributed by atoms with Crippen LogP contribution in [0.5, 0.6) is 0 Å². The van der Waals surface area contributed by atoms with Crippen LogP contribution in [-0.2, 0) is 19.1 Å². The van der Waals surface area contributed by atoms with Crippen LogP contribution in [0.1, 0.15) is 258 Å².